The minimum atomic E-state index is -1.86. The molecule has 3 aromatic carbocycles. The Kier molecular flexibility index (Phi) is 7.69. The van der Waals surface area contributed by atoms with Crippen LogP contribution in [0, 0.1) is 5.92 Å². The van der Waals surface area contributed by atoms with Gasteiger partial charge in [0.25, 0.3) is 0 Å². The molecule has 194 valence electrons. The van der Waals surface area contributed by atoms with Gasteiger partial charge in [0.1, 0.15) is 23.9 Å². The zero-order chi connectivity index (χ0) is 26.6. The number of aliphatic carboxylic acids is 1. The van der Waals surface area contributed by atoms with E-state index in [2.05, 4.69) is 12.1 Å². The van der Waals surface area contributed by atoms with Crippen molar-refractivity contribution in [1.29, 1.82) is 0 Å². The van der Waals surface area contributed by atoms with Crippen molar-refractivity contribution in [3.8, 4) is 28.4 Å². The van der Waals surface area contributed by atoms with Gasteiger partial charge in [0.05, 0.1) is 20.1 Å². The zero-order valence-corrected chi connectivity index (χ0v) is 21.1. The second-order valence-corrected chi connectivity index (χ2v) is 9.12. The van der Waals surface area contributed by atoms with Crippen molar-refractivity contribution in [2.75, 3.05) is 27.4 Å². The van der Waals surface area contributed by atoms with Crippen LogP contribution < -0.4 is 19.9 Å². The number of carbonyl (C=O) groups excluding carboxylic acids is 1. The van der Waals surface area contributed by atoms with E-state index in [4.69, 9.17) is 24.7 Å². The molecular weight excluding hydrogens is 474 g/mol. The quantitative estimate of drug-likeness (QED) is 0.372. The van der Waals surface area contributed by atoms with E-state index in [1.165, 1.54) is 26.4 Å². The normalized spacial score (nSPS) is 14.6. The molecule has 2 unspecified atom stereocenters. The second-order valence-electron chi connectivity index (χ2n) is 9.12. The Morgan fingerprint density at radius 1 is 0.919 bits per heavy atom. The average Bonchev–Trinajstić information content (AvgIpc) is 3.24. The number of benzene rings is 3. The summed E-state index contributed by atoms with van der Waals surface area (Å²) in [5, 5.41) is 10.1. The lowest BCUT2D eigenvalue weighted by atomic mass is 9.90. The first-order valence-corrected chi connectivity index (χ1v) is 12.0. The van der Waals surface area contributed by atoms with Crippen LogP contribution in [0.25, 0.3) is 11.1 Å². The van der Waals surface area contributed by atoms with Crippen molar-refractivity contribution < 1.29 is 33.6 Å². The fourth-order valence-electron chi connectivity index (χ4n) is 4.78. The van der Waals surface area contributed by atoms with Gasteiger partial charge in [-0.15, -0.1) is 0 Å². The highest BCUT2D eigenvalue weighted by Crippen LogP contribution is 2.44. The van der Waals surface area contributed by atoms with Gasteiger partial charge in [-0.25, -0.2) is 4.79 Å². The molecule has 0 amide bonds. The van der Waals surface area contributed by atoms with Crippen LogP contribution in [-0.4, -0.2) is 50.0 Å². The van der Waals surface area contributed by atoms with Crippen LogP contribution >= 0.6 is 0 Å². The molecule has 8 nitrogen and oxygen atoms in total. The fourth-order valence-corrected chi connectivity index (χ4v) is 4.78. The number of hydrogen-bond donors (Lipinski definition) is 2. The van der Waals surface area contributed by atoms with Crippen molar-refractivity contribution in [2.24, 2.45) is 11.7 Å². The van der Waals surface area contributed by atoms with Crippen molar-refractivity contribution in [3.63, 3.8) is 0 Å². The van der Waals surface area contributed by atoms with Crippen LogP contribution in [0.5, 0.6) is 17.2 Å². The average molecular weight is 506 g/mol. The van der Waals surface area contributed by atoms with Crippen LogP contribution in [0.2, 0.25) is 0 Å². The maximum absolute atomic E-state index is 13.0. The Morgan fingerprint density at radius 2 is 1.43 bits per heavy atom. The third kappa shape index (κ3) is 5.24. The minimum Gasteiger partial charge on any atom is -0.496 e. The summed E-state index contributed by atoms with van der Waals surface area (Å²) in [6.45, 7) is 1.40. The first-order chi connectivity index (χ1) is 17.8. The zero-order valence-electron chi connectivity index (χ0n) is 21.1. The monoisotopic (exact) mass is 505 g/mol. The summed E-state index contributed by atoms with van der Waals surface area (Å²) in [7, 11) is 2.95. The van der Waals surface area contributed by atoms with Gasteiger partial charge < -0.3 is 29.8 Å². The van der Waals surface area contributed by atoms with Crippen molar-refractivity contribution in [1.82, 2.24) is 0 Å². The second kappa shape index (κ2) is 10.9. The highest BCUT2D eigenvalue weighted by atomic mass is 16.5. The van der Waals surface area contributed by atoms with E-state index in [1.54, 1.807) is 13.0 Å². The van der Waals surface area contributed by atoms with Crippen molar-refractivity contribution >= 4 is 11.9 Å². The molecule has 0 aromatic heterocycles. The highest BCUT2D eigenvalue weighted by molar-refractivity contribution is 5.81. The summed E-state index contributed by atoms with van der Waals surface area (Å²) >= 11 is 0. The van der Waals surface area contributed by atoms with Crippen molar-refractivity contribution in [2.45, 2.75) is 24.9 Å². The number of carbonyl (C=O) groups is 2. The number of rotatable bonds is 11. The van der Waals surface area contributed by atoms with Crippen LogP contribution in [0.15, 0.2) is 66.7 Å². The standard InChI is InChI=1S/C29H31NO7/c1-18(15-29(17-30,28(32)33)37-21-13-19(34-2)12-20(14-21)35-3)27(31)36-16-26-24-10-6-4-8-22(24)23-9-5-7-11-25(23)26/h4-14,18,26H,15-17,30H2,1-3H3,(H,32,33). The summed E-state index contributed by atoms with van der Waals surface area (Å²) < 4.78 is 22.1. The molecule has 0 bridgehead atoms. The number of carboxylic acid groups (broad SMARTS) is 1. The summed E-state index contributed by atoms with van der Waals surface area (Å²) in [6, 6.07) is 20.8. The van der Waals surface area contributed by atoms with E-state index in [0.29, 0.717) is 11.5 Å². The molecule has 0 heterocycles. The predicted octanol–water partition coefficient (Wildman–Crippen LogP) is 4.25. The number of carboxylic acids is 1. The van der Waals surface area contributed by atoms with E-state index in [1.807, 2.05) is 36.4 Å². The molecule has 0 fully saturated rings. The third-order valence-corrected chi connectivity index (χ3v) is 6.75. The molecular formula is C29H31NO7. The Bertz CT molecular complexity index is 1220. The number of methoxy groups -OCH3 is 2. The molecule has 3 N–H and O–H groups in total. The number of fused-ring (bicyclic) bond motifs is 3. The van der Waals surface area contributed by atoms with E-state index >= 15 is 0 Å². The topological polar surface area (TPSA) is 117 Å². The third-order valence-electron chi connectivity index (χ3n) is 6.75. The van der Waals surface area contributed by atoms with E-state index < -0.39 is 23.5 Å². The Morgan fingerprint density at radius 3 is 1.92 bits per heavy atom. The van der Waals surface area contributed by atoms with Crippen LogP contribution in [0.1, 0.15) is 30.4 Å². The van der Waals surface area contributed by atoms with Gasteiger partial charge in [0, 0.05) is 37.1 Å². The smallest absolute Gasteiger partial charge is 0.349 e. The van der Waals surface area contributed by atoms with E-state index in [0.717, 1.165) is 22.3 Å². The number of ether oxygens (including phenoxy) is 4. The molecule has 1 aliphatic carbocycles. The maximum Gasteiger partial charge on any atom is 0.349 e. The molecule has 1 aliphatic rings. The SMILES string of the molecule is COc1cc(OC)cc(OC(CN)(CC(C)C(=O)OCC2c3ccccc3-c3ccccc32)C(=O)O)c1. The molecule has 4 rings (SSSR count). The molecule has 2 atom stereocenters. The summed E-state index contributed by atoms with van der Waals surface area (Å²) in [5.74, 6) is -1.64. The number of esters is 1. The molecule has 0 saturated carbocycles. The number of nitrogens with two attached hydrogens (primary N) is 1. The fraction of sp³-hybridized carbons (Fsp3) is 0.310. The Labute approximate surface area is 215 Å². The van der Waals surface area contributed by atoms with E-state index in [-0.39, 0.29) is 31.2 Å². The van der Waals surface area contributed by atoms with Crippen LogP contribution in [-0.2, 0) is 14.3 Å². The Balaban J connectivity index is 1.49. The largest absolute Gasteiger partial charge is 0.496 e. The van der Waals surface area contributed by atoms with E-state index in [9.17, 15) is 14.7 Å². The van der Waals surface area contributed by atoms with Gasteiger partial charge in [-0.2, -0.15) is 0 Å². The first kappa shape index (κ1) is 26.0. The van der Waals surface area contributed by atoms with Crippen molar-refractivity contribution in [3.05, 3.63) is 77.9 Å². The molecule has 0 aliphatic heterocycles. The lowest BCUT2D eigenvalue weighted by Gasteiger charge is -2.31. The van der Waals surface area contributed by atoms with Gasteiger partial charge in [-0.05, 0) is 22.3 Å². The van der Waals surface area contributed by atoms with Gasteiger partial charge >= 0.3 is 11.9 Å². The van der Waals surface area contributed by atoms with Crippen LogP contribution in [0.4, 0.5) is 0 Å². The molecule has 0 spiro atoms. The molecule has 0 saturated heterocycles. The molecule has 37 heavy (non-hydrogen) atoms. The summed E-state index contributed by atoms with van der Waals surface area (Å²) in [5.41, 5.74) is 8.50. The lowest BCUT2D eigenvalue weighted by Crippen LogP contribution is -2.52. The predicted molar refractivity (Wildman–Crippen MR) is 138 cm³/mol. The maximum atomic E-state index is 13.0. The minimum absolute atomic E-state index is 0.0946. The molecule has 0 radical (unpaired) electrons. The van der Waals surface area contributed by atoms with Gasteiger partial charge in [-0.1, -0.05) is 55.5 Å². The van der Waals surface area contributed by atoms with Gasteiger partial charge in [-0.3, -0.25) is 4.79 Å². The van der Waals surface area contributed by atoms with Gasteiger partial charge in [0.2, 0.25) is 5.60 Å². The summed E-state index contributed by atoms with van der Waals surface area (Å²) in [4.78, 5) is 25.4. The van der Waals surface area contributed by atoms with Crippen LogP contribution in [0.3, 0.4) is 0 Å². The molecule has 8 heteroatoms. The molecule has 3 aromatic rings. The Hall–Kier alpha value is -4.04. The first-order valence-electron chi connectivity index (χ1n) is 12.0. The van der Waals surface area contributed by atoms with Gasteiger partial charge in [0.15, 0.2) is 0 Å². The summed E-state index contributed by atoms with van der Waals surface area (Å²) in [6.07, 6.45) is -0.185. The highest BCUT2D eigenvalue weighted by Gasteiger charge is 2.43. The number of hydrogen-bond acceptors (Lipinski definition) is 7. The lowest BCUT2D eigenvalue weighted by molar-refractivity contribution is -0.159.